The first-order valence-electron chi connectivity index (χ1n) is 6.26. The predicted molar refractivity (Wildman–Crippen MR) is 67.7 cm³/mol. The van der Waals surface area contributed by atoms with Crippen LogP contribution in [-0.4, -0.2) is 5.11 Å². The molecule has 88 valence electrons. The van der Waals surface area contributed by atoms with E-state index in [2.05, 4.69) is 26.8 Å². The van der Waals surface area contributed by atoms with Crippen molar-refractivity contribution in [3.05, 3.63) is 29.8 Å². The summed E-state index contributed by atoms with van der Waals surface area (Å²) in [5.41, 5.74) is 1.53. The molecule has 0 aliphatic heterocycles. The zero-order chi connectivity index (χ0) is 11.8. The quantitative estimate of drug-likeness (QED) is 0.747. The first-order valence-corrected chi connectivity index (χ1v) is 6.26. The molecule has 0 bridgehead atoms. The zero-order valence-corrected chi connectivity index (χ0v) is 10.6. The van der Waals surface area contributed by atoms with Gasteiger partial charge in [-0.15, -0.1) is 0 Å². The summed E-state index contributed by atoms with van der Waals surface area (Å²) in [5.74, 6) is 0.472. The molecule has 1 aliphatic carbocycles. The van der Waals surface area contributed by atoms with Crippen molar-refractivity contribution in [2.75, 3.05) is 0 Å². The van der Waals surface area contributed by atoms with Crippen LogP contribution in [0, 0.1) is 5.41 Å². The van der Waals surface area contributed by atoms with Crippen LogP contribution < -0.4 is 0 Å². The minimum atomic E-state index is 0.165. The van der Waals surface area contributed by atoms with Crippen LogP contribution in [0.25, 0.3) is 0 Å². The number of rotatable bonds is 1. The lowest BCUT2D eigenvalue weighted by atomic mass is 9.61. The lowest BCUT2D eigenvalue weighted by Crippen LogP contribution is -2.37. The Morgan fingerprint density at radius 3 is 2.12 bits per heavy atom. The molecule has 0 aromatic heterocycles. The Hall–Kier alpha value is -0.980. The largest absolute Gasteiger partial charge is 0.508 e. The molecule has 1 aliphatic rings. The van der Waals surface area contributed by atoms with Crippen molar-refractivity contribution in [1.29, 1.82) is 0 Å². The fraction of sp³-hybridized carbons (Fsp3) is 0.600. The number of hydrogen-bond donors (Lipinski definition) is 1. The first kappa shape index (κ1) is 11.5. The summed E-state index contributed by atoms with van der Waals surface area (Å²) in [6, 6.07) is 7.87. The Bertz CT molecular complexity index is 367. The summed E-state index contributed by atoms with van der Waals surface area (Å²) in [4.78, 5) is 0. The van der Waals surface area contributed by atoms with Gasteiger partial charge in [0.25, 0.3) is 0 Å². The molecule has 1 saturated carbocycles. The van der Waals surface area contributed by atoms with Crippen LogP contribution in [-0.2, 0) is 5.41 Å². The van der Waals surface area contributed by atoms with Crippen molar-refractivity contribution in [3.8, 4) is 5.75 Å². The number of hydrogen-bond acceptors (Lipinski definition) is 1. The third kappa shape index (κ3) is 1.63. The van der Waals surface area contributed by atoms with Crippen LogP contribution in [0.2, 0.25) is 0 Å². The summed E-state index contributed by atoms with van der Waals surface area (Å²) in [6.45, 7) is 6.89. The Morgan fingerprint density at radius 1 is 1.06 bits per heavy atom. The predicted octanol–water partition coefficient (Wildman–Crippen LogP) is 4.25. The van der Waals surface area contributed by atoms with Gasteiger partial charge >= 0.3 is 0 Å². The molecule has 16 heavy (non-hydrogen) atoms. The van der Waals surface area contributed by atoms with E-state index in [1.54, 1.807) is 0 Å². The van der Waals surface area contributed by atoms with E-state index in [9.17, 15) is 5.11 Å². The molecule has 0 unspecified atom stereocenters. The first-order chi connectivity index (χ1) is 7.47. The molecule has 1 fully saturated rings. The summed E-state index contributed by atoms with van der Waals surface area (Å²) in [5, 5.41) is 10.1. The second-order valence-corrected chi connectivity index (χ2v) is 6.06. The minimum absolute atomic E-state index is 0.165. The van der Waals surface area contributed by atoms with Gasteiger partial charge in [0.05, 0.1) is 0 Å². The second-order valence-electron chi connectivity index (χ2n) is 6.06. The molecular weight excluding hydrogens is 196 g/mol. The van der Waals surface area contributed by atoms with Gasteiger partial charge in [-0.1, -0.05) is 51.8 Å². The highest BCUT2D eigenvalue weighted by atomic mass is 16.3. The molecule has 1 aromatic rings. The maximum Gasteiger partial charge on any atom is 0.119 e. The number of aromatic hydroxyl groups is 1. The molecule has 0 saturated heterocycles. The average Bonchev–Trinajstić information content (AvgIpc) is 2.67. The van der Waals surface area contributed by atoms with Gasteiger partial charge in [0.2, 0.25) is 0 Å². The van der Waals surface area contributed by atoms with Crippen LogP contribution in [0.15, 0.2) is 24.3 Å². The molecule has 1 nitrogen and oxygen atoms in total. The van der Waals surface area contributed by atoms with Gasteiger partial charge in [-0.05, 0) is 24.3 Å². The van der Waals surface area contributed by atoms with Crippen molar-refractivity contribution in [2.45, 2.75) is 51.9 Å². The van der Waals surface area contributed by atoms with Crippen LogP contribution in [0.4, 0.5) is 0 Å². The molecule has 1 aromatic carbocycles. The van der Waals surface area contributed by atoms with E-state index in [-0.39, 0.29) is 10.8 Å². The summed E-state index contributed by atoms with van der Waals surface area (Å²) in [7, 11) is 0. The van der Waals surface area contributed by atoms with Crippen LogP contribution in [0.3, 0.4) is 0 Å². The summed E-state index contributed by atoms with van der Waals surface area (Å²) < 4.78 is 0. The van der Waals surface area contributed by atoms with Crippen molar-refractivity contribution >= 4 is 0 Å². The molecular formula is C15H22O. The monoisotopic (exact) mass is 218 g/mol. The van der Waals surface area contributed by atoms with E-state index in [0.29, 0.717) is 5.75 Å². The van der Waals surface area contributed by atoms with Gasteiger partial charge in [0.1, 0.15) is 5.75 Å². The lowest BCUT2D eigenvalue weighted by molar-refractivity contribution is 0.182. The zero-order valence-electron chi connectivity index (χ0n) is 10.6. The normalized spacial score (nSPS) is 19.9. The highest BCUT2D eigenvalue weighted by molar-refractivity contribution is 5.40. The maximum absolute atomic E-state index is 10.1. The van der Waals surface area contributed by atoms with E-state index >= 15 is 0 Å². The van der Waals surface area contributed by atoms with Gasteiger partial charge in [-0.3, -0.25) is 0 Å². The van der Waals surface area contributed by atoms with E-state index in [0.717, 1.165) is 5.56 Å². The molecule has 0 heterocycles. The van der Waals surface area contributed by atoms with Crippen LogP contribution in [0.1, 0.15) is 52.0 Å². The van der Waals surface area contributed by atoms with Crippen molar-refractivity contribution in [3.63, 3.8) is 0 Å². The summed E-state index contributed by atoms with van der Waals surface area (Å²) >= 11 is 0. The van der Waals surface area contributed by atoms with Gasteiger partial charge in [0, 0.05) is 11.0 Å². The van der Waals surface area contributed by atoms with E-state index in [1.807, 2.05) is 18.2 Å². The third-order valence-electron chi connectivity index (χ3n) is 4.31. The summed E-state index contributed by atoms with van der Waals surface area (Å²) in [6.07, 6.45) is 4.97. The van der Waals surface area contributed by atoms with Crippen molar-refractivity contribution in [2.24, 2.45) is 5.41 Å². The van der Waals surface area contributed by atoms with Crippen molar-refractivity contribution in [1.82, 2.24) is 0 Å². The van der Waals surface area contributed by atoms with Gasteiger partial charge in [-0.25, -0.2) is 0 Å². The SMILES string of the molecule is CC(C)(C)C1(c2ccccc2O)CCCC1. The second kappa shape index (κ2) is 3.80. The molecule has 0 atom stereocenters. The maximum atomic E-state index is 10.1. The van der Waals surface area contributed by atoms with Crippen molar-refractivity contribution < 1.29 is 5.11 Å². The third-order valence-corrected chi connectivity index (χ3v) is 4.31. The van der Waals surface area contributed by atoms with Gasteiger partial charge in [0.15, 0.2) is 0 Å². The number of phenolic OH excluding ortho intramolecular Hbond substituents is 1. The van der Waals surface area contributed by atoms with Crippen LogP contribution >= 0.6 is 0 Å². The fourth-order valence-electron chi connectivity index (χ4n) is 3.28. The minimum Gasteiger partial charge on any atom is -0.508 e. The average molecular weight is 218 g/mol. The van der Waals surface area contributed by atoms with E-state index in [1.165, 1.54) is 25.7 Å². The molecule has 1 heteroatoms. The Kier molecular flexibility index (Phi) is 2.73. The Labute approximate surface area is 98.5 Å². The Balaban J connectivity index is 2.53. The number of benzene rings is 1. The highest BCUT2D eigenvalue weighted by Gasteiger charge is 2.46. The van der Waals surface area contributed by atoms with E-state index in [4.69, 9.17) is 0 Å². The number of para-hydroxylation sites is 1. The fourth-order valence-corrected chi connectivity index (χ4v) is 3.28. The molecule has 1 N–H and O–H groups in total. The van der Waals surface area contributed by atoms with Crippen LogP contribution in [0.5, 0.6) is 5.75 Å². The highest BCUT2D eigenvalue weighted by Crippen LogP contribution is 2.54. The molecule has 0 spiro atoms. The molecule has 0 amide bonds. The molecule has 0 radical (unpaired) electrons. The molecule has 2 rings (SSSR count). The van der Waals surface area contributed by atoms with E-state index < -0.39 is 0 Å². The lowest BCUT2D eigenvalue weighted by Gasteiger charge is -2.43. The standard InChI is InChI=1S/C15H22O/c1-14(2,3)15(10-6-7-11-15)12-8-4-5-9-13(12)16/h4-5,8-9,16H,6-7,10-11H2,1-3H3. The van der Waals surface area contributed by atoms with Gasteiger partial charge < -0.3 is 5.11 Å². The Morgan fingerprint density at radius 2 is 1.62 bits per heavy atom. The topological polar surface area (TPSA) is 20.2 Å². The number of phenols is 1. The smallest absolute Gasteiger partial charge is 0.119 e. The van der Waals surface area contributed by atoms with Gasteiger partial charge in [-0.2, -0.15) is 0 Å².